The number of amides is 3. The van der Waals surface area contributed by atoms with Crippen LogP contribution < -0.4 is 20.3 Å². The molecule has 27 heavy (non-hydrogen) atoms. The smallest absolute Gasteiger partial charge is 0.408 e. The monoisotopic (exact) mass is 377 g/mol. The first kappa shape index (κ1) is 20.5. The van der Waals surface area contributed by atoms with E-state index in [0.29, 0.717) is 17.1 Å². The van der Waals surface area contributed by atoms with Crippen molar-refractivity contribution in [3.63, 3.8) is 0 Å². The van der Waals surface area contributed by atoms with Gasteiger partial charge in [-0.25, -0.2) is 4.79 Å². The molecule has 0 aliphatic carbocycles. The highest BCUT2D eigenvalue weighted by molar-refractivity contribution is 6.02. The molecule has 1 aromatic rings. The molecular weight excluding hydrogens is 350 g/mol. The number of rotatable bonds is 4. The molecule has 148 valence electrons. The Labute approximate surface area is 159 Å². The SMILES string of the molecule is CC(C)C(NC(=O)OC(C)(C)C)C(=O)Nc1cccc2c1OCC(=O)N2C. The lowest BCUT2D eigenvalue weighted by Crippen LogP contribution is -2.48. The maximum absolute atomic E-state index is 12.8. The van der Waals surface area contributed by atoms with Crippen LogP contribution in [0, 0.1) is 5.92 Å². The molecule has 0 saturated carbocycles. The zero-order chi connectivity index (χ0) is 20.4. The summed E-state index contributed by atoms with van der Waals surface area (Å²) in [6.07, 6.45) is -0.659. The van der Waals surface area contributed by atoms with Crippen molar-refractivity contribution in [2.45, 2.75) is 46.3 Å². The van der Waals surface area contributed by atoms with Crippen LogP contribution in [0.15, 0.2) is 18.2 Å². The molecule has 1 aliphatic rings. The van der Waals surface area contributed by atoms with Gasteiger partial charge in [-0.1, -0.05) is 19.9 Å². The van der Waals surface area contributed by atoms with Crippen LogP contribution in [-0.2, 0) is 14.3 Å². The number of nitrogens with zero attached hydrogens (tertiary/aromatic N) is 1. The van der Waals surface area contributed by atoms with E-state index in [1.807, 2.05) is 13.8 Å². The van der Waals surface area contributed by atoms with Crippen LogP contribution in [0.25, 0.3) is 0 Å². The summed E-state index contributed by atoms with van der Waals surface area (Å²) in [4.78, 5) is 38.1. The van der Waals surface area contributed by atoms with Crippen LogP contribution in [0.4, 0.5) is 16.2 Å². The number of anilines is 2. The number of fused-ring (bicyclic) bond motifs is 1. The standard InChI is InChI=1S/C19H27N3O5/c1-11(2)15(21-18(25)27-19(3,4)5)17(24)20-12-8-7-9-13-16(12)26-10-14(23)22(13)6/h7-9,11,15H,10H2,1-6H3,(H,20,24)(H,21,25). The predicted molar refractivity (Wildman–Crippen MR) is 102 cm³/mol. The highest BCUT2D eigenvalue weighted by atomic mass is 16.6. The lowest BCUT2D eigenvalue weighted by molar-refractivity contribution is -0.121. The maximum atomic E-state index is 12.8. The minimum atomic E-state index is -0.793. The molecule has 1 heterocycles. The molecule has 0 fully saturated rings. The summed E-state index contributed by atoms with van der Waals surface area (Å²) in [6, 6.07) is 4.35. The highest BCUT2D eigenvalue weighted by Crippen LogP contribution is 2.38. The zero-order valence-electron chi connectivity index (χ0n) is 16.6. The lowest BCUT2D eigenvalue weighted by atomic mass is 10.0. The largest absolute Gasteiger partial charge is 0.479 e. The molecule has 1 unspecified atom stereocenters. The van der Waals surface area contributed by atoms with Gasteiger partial charge in [0.15, 0.2) is 12.4 Å². The van der Waals surface area contributed by atoms with Gasteiger partial charge in [-0.15, -0.1) is 0 Å². The van der Waals surface area contributed by atoms with Gasteiger partial charge in [-0.05, 0) is 38.8 Å². The maximum Gasteiger partial charge on any atom is 0.408 e. The van der Waals surface area contributed by atoms with Crippen molar-refractivity contribution in [2.75, 3.05) is 23.9 Å². The van der Waals surface area contributed by atoms with Crippen LogP contribution in [-0.4, -0.2) is 43.2 Å². The van der Waals surface area contributed by atoms with E-state index in [2.05, 4.69) is 10.6 Å². The number of hydrogen-bond acceptors (Lipinski definition) is 5. The van der Waals surface area contributed by atoms with Crippen molar-refractivity contribution in [3.05, 3.63) is 18.2 Å². The lowest BCUT2D eigenvalue weighted by Gasteiger charge is -2.28. The van der Waals surface area contributed by atoms with E-state index >= 15 is 0 Å². The first-order chi connectivity index (χ1) is 12.5. The first-order valence-corrected chi connectivity index (χ1v) is 8.82. The summed E-state index contributed by atoms with van der Waals surface area (Å²) in [5, 5.41) is 5.39. The molecule has 8 nitrogen and oxygen atoms in total. The van der Waals surface area contributed by atoms with Gasteiger partial charge in [0.25, 0.3) is 5.91 Å². The van der Waals surface area contributed by atoms with E-state index in [-0.39, 0.29) is 18.4 Å². The van der Waals surface area contributed by atoms with Crippen LogP contribution >= 0.6 is 0 Å². The summed E-state index contributed by atoms with van der Waals surface area (Å²) in [5.41, 5.74) is 0.352. The Kier molecular flexibility index (Phi) is 5.98. The van der Waals surface area contributed by atoms with Gasteiger partial charge < -0.3 is 25.0 Å². The molecular formula is C19H27N3O5. The van der Waals surface area contributed by atoms with Crippen molar-refractivity contribution in [1.82, 2.24) is 5.32 Å². The first-order valence-electron chi connectivity index (χ1n) is 8.82. The summed E-state index contributed by atoms with van der Waals surface area (Å²) in [6.45, 7) is 8.81. The zero-order valence-corrected chi connectivity index (χ0v) is 16.6. The Balaban J connectivity index is 2.17. The third-order valence-corrected chi connectivity index (χ3v) is 3.95. The number of alkyl carbamates (subject to hydrolysis) is 1. The molecule has 8 heteroatoms. The van der Waals surface area contributed by atoms with Gasteiger partial charge in [0.2, 0.25) is 5.91 Å². The van der Waals surface area contributed by atoms with Gasteiger partial charge in [0.1, 0.15) is 11.6 Å². The molecule has 2 N–H and O–H groups in total. The minimum Gasteiger partial charge on any atom is -0.479 e. The average molecular weight is 377 g/mol. The molecule has 2 rings (SSSR count). The predicted octanol–water partition coefficient (Wildman–Crippen LogP) is 2.53. The molecule has 0 aromatic heterocycles. The molecule has 1 aliphatic heterocycles. The average Bonchev–Trinajstić information content (AvgIpc) is 2.54. The second-order valence-corrected chi connectivity index (χ2v) is 7.75. The normalized spacial score (nSPS) is 14.9. The summed E-state index contributed by atoms with van der Waals surface area (Å²) < 4.78 is 10.7. The van der Waals surface area contributed by atoms with E-state index in [9.17, 15) is 14.4 Å². The van der Waals surface area contributed by atoms with Gasteiger partial charge in [0, 0.05) is 7.05 Å². The van der Waals surface area contributed by atoms with E-state index in [1.54, 1.807) is 46.0 Å². The fraction of sp³-hybridized carbons (Fsp3) is 0.526. The van der Waals surface area contributed by atoms with Gasteiger partial charge in [0.05, 0.1) is 11.4 Å². The van der Waals surface area contributed by atoms with Crippen LogP contribution in [0.2, 0.25) is 0 Å². The number of hydrogen-bond donors (Lipinski definition) is 2. The molecule has 0 spiro atoms. The third kappa shape index (κ3) is 5.12. The molecule has 1 aromatic carbocycles. The summed E-state index contributed by atoms with van der Waals surface area (Å²) in [7, 11) is 1.65. The number of carbonyl (C=O) groups is 3. The van der Waals surface area contributed by atoms with E-state index in [4.69, 9.17) is 9.47 Å². The molecule has 0 saturated heterocycles. The van der Waals surface area contributed by atoms with Crippen molar-refractivity contribution in [3.8, 4) is 5.75 Å². The second-order valence-electron chi connectivity index (χ2n) is 7.75. The summed E-state index contributed by atoms with van der Waals surface area (Å²) >= 11 is 0. The molecule has 0 radical (unpaired) electrons. The number of carbonyl (C=O) groups excluding carboxylic acids is 3. The topological polar surface area (TPSA) is 97.0 Å². The minimum absolute atomic E-state index is 0.0971. The van der Waals surface area contributed by atoms with Crippen LogP contribution in [0.3, 0.4) is 0 Å². The Bertz CT molecular complexity index is 739. The van der Waals surface area contributed by atoms with Crippen molar-refractivity contribution >= 4 is 29.3 Å². The van der Waals surface area contributed by atoms with Crippen molar-refractivity contribution in [2.24, 2.45) is 5.92 Å². The van der Waals surface area contributed by atoms with Gasteiger partial charge >= 0.3 is 6.09 Å². The quantitative estimate of drug-likeness (QED) is 0.840. The van der Waals surface area contributed by atoms with Crippen molar-refractivity contribution < 1.29 is 23.9 Å². The van der Waals surface area contributed by atoms with E-state index < -0.39 is 23.6 Å². The number of para-hydroxylation sites is 1. The van der Waals surface area contributed by atoms with Gasteiger partial charge in [-0.2, -0.15) is 0 Å². The van der Waals surface area contributed by atoms with E-state index in [1.165, 1.54) is 4.90 Å². The molecule has 0 bridgehead atoms. The Morgan fingerprint density at radius 3 is 2.52 bits per heavy atom. The van der Waals surface area contributed by atoms with E-state index in [0.717, 1.165) is 0 Å². The van der Waals surface area contributed by atoms with Crippen LogP contribution in [0.5, 0.6) is 5.75 Å². The Hall–Kier alpha value is -2.77. The Morgan fingerprint density at radius 1 is 1.26 bits per heavy atom. The number of benzene rings is 1. The summed E-state index contributed by atoms with van der Waals surface area (Å²) in [5.74, 6) is -0.306. The third-order valence-electron chi connectivity index (χ3n) is 3.95. The fourth-order valence-electron chi connectivity index (χ4n) is 2.58. The van der Waals surface area contributed by atoms with Gasteiger partial charge in [-0.3, -0.25) is 9.59 Å². The van der Waals surface area contributed by atoms with Crippen molar-refractivity contribution in [1.29, 1.82) is 0 Å². The van der Waals surface area contributed by atoms with Crippen LogP contribution in [0.1, 0.15) is 34.6 Å². The second kappa shape index (κ2) is 7.85. The number of ether oxygens (including phenoxy) is 2. The number of nitrogens with one attached hydrogen (secondary N) is 2. The fourth-order valence-corrected chi connectivity index (χ4v) is 2.58. The Morgan fingerprint density at radius 2 is 1.93 bits per heavy atom. The molecule has 1 atom stereocenters. The highest BCUT2D eigenvalue weighted by Gasteiger charge is 2.29. The molecule has 3 amide bonds. The number of likely N-dealkylation sites (N-methyl/N-ethyl adjacent to an activating group) is 1.